The van der Waals surface area contributed by atoms with Gasteiger partial charge in [-0.2, -0.15) is 14.2 Å². The molecule has 8 atom stereocenters. The average molecular weight is 771 g/mol. The normalized spacial score (nSPS) is 26.2. The molecule has 0 spiro atoms. The van der Waals surface area contributed by atoms with Gasteiger partial charge >= 0.3 is 35.3 Å². The number of esters is 4. The summed E-state index contributed by atoms with van der Waals surface area (Å²) in [5, 5.41) is 2.87. The van der Waals surface area contributed by atoms with Crippen LogP contribution < -0.4 is 22.5 Å². The number of H-pyrrole nitrogens is 2. The third kappa shape index (κ3) is 9.45. The van der Waals surface area contributed by atoms with Crippen molar-refractivity contribution in [1.29, 1.82) is 0 Å². The summed E-state index contributed by atoms with van der Waals surface area (Å²) in [7, 11) is 0. The molecule has 2 aliphatic rings. The van der Waals surface area contributed by atoms with Crippen LogP contribution in [0.2, 0.25) is 0 Å². The number of hydrogen-bond donors (Lipinski definition) is 2. The van der Waals surface area contributed by atoms with Gasteiger partial charge < -0.3 is 28.4 Å². The van der Waals surface area contributed by atoms with Crippen molar-refractivity contribution in [3.63, 3.8) is 0 Å². The zero-order valence-corrected chi connectivity index (χ0v) is 28.1. The van der Waals surface area contributed by atoms with Crippen LogP contribution in [0.25, 0.3) is 0 Å². The molecule has 2 aliphatic heterocycles. The van der Waals surface area contributed by atoms with Crippen LogP contribution in [0.3, 0.4) is 0 Å². The molecule has 0 saturated carbocycles. The molecule has 4 rings (SSSR count). The molecule has 2 fully saturated rings. The van der Waals surface area contributed by atoms with E-state index in [0.29, 0.717) is 6.20 Å². The first-order valence-corrected chi connectivity index (χ1v) is 15.2. The van der Waals surface area contributed by atoms with Crippen LogP contribution >= 0.6 is 27.5 Å². The van der Waals surface area contributed by atoms with Gasteiger partial charge in [0, 0.05) is 27.7 Å². The van der Waals surface area contributed by atoms with Gasteiger partial charge in [0.15, 0.2) is 18.6 Å². The van der Waals surface area contributed by atoms with Crippen LogP contribution in [0.5, 0.6) is 0 Å². The lowest BCUT2D eigenvalue weighted by molar-refractivity contribution is -0.157. The van der Waals surface area contributed by atoms with E-state index in [1.54, 1.807) is 0 Å². The van der Waals surface area contributed by atoms with Crippen LogP contribution in [-0.4, -0.2) is 96.0 Å². The smallest absolute Gasteiger partial charge is 0.347 e. The van der Waals surface area contributed by atoms with Crippen molar-refractivity contribution in [2.75, 3.05) is 13.2 Å². The zero-order chi connectivity index (χ0) is 36.0. The van der Waals surface area contributed by atoms with E-state index in [2.05, 4.69) is 26.0 Å². The second kappa shape index (κ2) is 16.3. The topological polar surface area (TPSA) is 246 Å². The van der Waals surface area contributed by atoms with E-state index in [1.165, 1.54) is 34.6 Å². The summed E-state index contributed by atoms with van der Waals surface area (Å²) in [6.45, 7) is 5.74. The van der Waals surface area contributed by atoms with E-state index >= 15 is 0 Å². The lowest BCUT2D eigenvalue weighted by Crippen LogP contribution is -2.39. The van der Waals surface area contributed by atoms with Crippen molar-refractivity contribution in [2.24, 2.45) is 0 Å². The Bertz CT molecular complexity index is 1650. The number of hydrogen-bond acceptors (Lipinski definition) is 15. The van der Waals surface area contributed by atoms with Gasteiger partial charge in [-0.3, -0.25) is 43.3 Å². The Morgan fingerprint density at radius 2 is 1.35 bits per heavy atom. The SMILES string of the molecule is CC(=O)OC[C@H]1O[C@@H](n2cc(F)c(=O)[nH]c2=O)[C@@H](Br)[C@@H]1OC(C)=O.CC(=O)OC[C@H]1O[C@@H](n2nc(C)c(=O)[nH]c2=O)[C@@H](Cl)[C@@H]1OC(C)=O. The van der Waals surface area contributed by atoms with Crippen LogP contribution in [0.4, 0.5) is 4.39 Å². The van der Waals surface area contributed by atoms with Crippen LogP contribution in [0.1, 0.15) is 45.8 Å². The second-order valence-corrected chi connectivity index (χ2v) is 11.8. The van der Waals surface area contributed by atoms with Crippen molar-refractivity contribution in [2.45, 2.75) is 81.7 Å². The minimum absolute atomic E-state index is 0.0366. The van der Waals surface area contributed by atoms with Crippen LogP contribution in [0, 0.1) is 12.7 Å². The molecule has 0 aromatic carbocycles. The molecule has 264 valence electrons. The minimum atomic E-state index is -1.18. The van der Waals surface area contributed by atoms with E-state index in [9.17, 15) is 42.7 Å². The molecule has 0 unspecified atom stereocenters. The Morgan fingerprint density at radius 3 is 1.90 bits per heavy atom. The van der Waals surface area contributed by atoms with Gasteiger partial charge in [-0.05, 0) is 6.92 Å². The summed E-state index contributed by atoms with van der Waals surface area (Å²) in [5.74, 6) is -3.51. The van der Waals surface area contributed by atoms with Gasteiger partial charge in [0.1, 0.15) is 42.6 Å². The van der Waals surface area contributed by atoms with Crippen molar-refractivity contribution in [3.05, 3.63) is 59.4 Å². The maximum atomic E-state index is 13.5. The highest BCUT2D eigenvalue weighted by Crippen LogP contribution is 2.36. The summed E-state index contributed by atoms with van der Waals surface area (Å²) >= 11 is 9.51. The quantitative estimate of drug-likeness (QED) is 0.187. The molecule has 2 aromatic heterocycles. The lowest BCUT2D eigenvalue weighted by Gasteiger charge is -2.19. The number of carbonyl (C=O) groups excluding carboxylic acids is 4. The largest absolute Gasteiger partial charge is 0.463 e. The molecule has 4 heterocycles. The van der Waals surface area contributed by atoms with E-state index < -0.39 is 99.3 Å². The zero-order valence-electron chi connectivity index (χ0n) is 25.8. The van der Waals surface area contributed by atoms with E-state index in [4.69, 9.17) is 40.0 Å². The molecule has 19 nitrogen and oxygen atoms in total. The van der Waals surface area contributed by atoms with Gasteiger partial charge in [0.25, 0.3) is 11.1 Å². The number of ether oxygens (including phenoxy) is 6. The van der Waals surface area contributed by atoms with Crippen molar-refractivity contribution in [1.82, 2.24) is 24.3 Å². The number of carbonyl (C=O) groups is 4. The molecule has 48 heavy (non-hydrogen) atoms. The predicted molar refractivity (Wildman–Crippen MR) is 160 cm³/mol. The number of aromatic amines is 2. The van der Waals surface area contributed by atoms with E-state index in [0.717, 1.165) is 9.25 Å². The first-order chi connectivity index (χ1) is 22.4. The average Bonchev–Trinajstić information content (AvgIpc) is 3.45. The number of aromatic nitrogens is 5. The van der Waals surface area contributed by atoms with E-state index in [1.807, 2.05) is 4.98 Å². The summed E-state index contributed by atoms with van der Waals surface area (Å²) in [6, 6.07) is 0. The van der Waals surface area contributed by atoms with Gasteiger partial charge in [-0.1, -0.05) is 15.9 Å². The highest BCUT2D eigenvalue weighted by molar-refractivity contribution is 9.09. The van der Waals surface area contributed by atoms with Crippen molar-refractivity contribution < 1.29 is 52.0 Å². The maximum absolute atomic E-state index is 13.5. The Labute approximate surface area is 281 Å². The molecule has 2 saturated heterocycles. The monoisotopic (exact) mass is 769 g/mol. The molecule has 0 radical (unpaired) electrons. The first-order valence-electron chi connectivity index (χ1n) is 13.8. The fourth-order valence-electron chi connectivity index (χ4n) is 4.46. The molecule has 2 aromatic rings. The molecule has 22 heteroatoms. The summed E-state index contributed by atoms with van der Waals surface area (Å²) in [4.78, 5) is 93.9. The van der Waals surface area contributed by atoms with Crippen LogP contribution in [-0.2, 0) is 47.6 Å². The standard InChI is InChI=1S/C13H14BrFN2O7.C13H16ClN3O7/c1-5(18)22-4-8-10(23-6(2)19)9(14)12(24-8)17-3-7(15)11(20)16-13(17)21;1-5-11(20)15-13(21)17(16-5)12-9(14)10(23-7(3)19)8(24-12)4-22-6(2)18/h3,8-10,12H,4H2,1-2H3,(H,16,20,21);8-10,12H,4H2,1-3H3,(H,15,20,21)/t2*8-,9+,10-,12-/m11/s1. The Hall–Kier alpha value is -4.21. The maximum Gasteiger partial charge on any atom is 0.347 e. The number of alkyl halides is 2. The third-order valence-corrected chi connectivity index (χ3v) is 7.93. The molecule has 0 aliphatic carbocycles. The number of nitrogens with one attached hydrogen (secondary N) is 2. The first kappa shape index (κ1) is 38.2. The fraction of sp³-hybridized carbons (Fsp3) is 0.577. The van der Waals surface area contributed by atoms with Gasteiger partial charge in [0.05, 0.1) is 11.0 Å². The fourth-order valence-corrected chi connectivity index (χ4v) is 5.67. The number of halogens is 3. The van der Waals surface area contributed by atoms with Crippen LogP contribution in [0.15, 0.2) is 25.4 Å². The number of nitrogens with zero attached hydrogens (tertiary/aromatic N) is 3. The van der Waals surface area contributed by atoms with Gasteiger partial charge in [0.2, 0.25) is 5.82 Å². The predicted octanol–water partition coefficient (Wildman–Crippen LogP) is -0.929. The highest BCUT2D eigenvalue weighted by Gasteiger charge is 2.49. The Kier molecular flexibility index (Phi) is 13.0. The summed E-state index contributed by atoms with van der Waals surface area (Å²) in [6.07, 6.45) is -5.13. The van der Waals surface area contributed by atoms with Gasteiger partial charge in [-0.15, -0.1) is 11.6 Å². The number of aryl methyl sites for hydroxylation is 1. The second-order valence-electron chi connectivity index (χ2n) is 10.2. The molecule has 2 N–H and O–H groups in total. The van der Waals surface area contributed by atoms with Crippen molar-refractivity contribution >= 4 is 51.4 Å². The highest BCUT2D eigenvalue weighted by atomic mass is 79.9. The molecular formula is C26H30BrClFN5O14. The van der Waals surface area contributed by atoms with Crippen molar-refractivity contribution in [3.8, 4) is 0 Å². The molecule has 0 bridgehead atoms. The Morgan fingerprint density at radius 1 is 0.854 bits per heavy atom. The molecule has 0 amide bonds. The number of rotatable bonds is 8. The lowest BCUT2D eigenvalue weighted by atomic mass is 10.2. The molecular weight excluding hydrogens is 741 g/mol. The summed E-state index contributed by atoms with van der Waals surface area (Å²) in [5.41, 5.74) is -3.47. The Balaban J connectivity index is 0.000000260. The minimum Gasteiger partial charge on any atom is -0.463 e. The van der Waals surface area contributed by atoms with E-state index in [-0.39, 0.29) is 18.9 Å². The van der Waals surface area contributed by atoms with Gasteiger partial charge in [-0.25, -0.2) is 9.59 Å². The third-order valence-electron chi connectivity index (χ3n) is 6.49. The summed E-state index contributed by atoms with van der Waals surface area (Å²) < 4.78 is 46.3.